The topological polar surface area (TPSA) is 72.5 Å². The largest absolute Gasteiger partial charge is 0.460 e. The van der Waals surface area contributed by atoms with Gasteiger partial charge in [-0.2, -0.15) is 0 Å². The number of hydrogen-bond acceptors (Lipinski definition) is 4. The summed E-state index contributed by atoms with van der Waals surface area (Å²) in [6.45, 7) is 10.0. The van der Waals surface area contributed by atoms with Gasteiger partial charge in [0.15, 0.2) is 0 Å². The quantitative estimate of drug-likeness (QED) is 0.625. The van der Waals surface area contributed by atoms with Gasteiger partial charge in [0, 0.05) is 5.92 Å². The first-order chi connectivity index (χ1) is 10.2. The van der Waals surface area contributed by atoms with Crippen molar-refractivity contribution in [3.8, 4) is 0 Å². The minimum absolute atomic E-state index is 0.0592. The number of ketones is 1. The van der Waals surface area contributed by atoms with Crippen LogP contribution in [0.15, 0.2) is 0 Å². The molecule has 1 aliphatic carbocycles. The second-order valence-electron chi connectivity index (χ2n) is 7.23. The van der Waals surface area contributed by atoms with E-state index in [0.29, 0.717) is 5.92 Å². The number of rotatable bonds is 5. The highest BCUT2D eigenvalue weighted by molar-refractivity contribution is 6.35. The summed E-state index contributed by atoms with van der Waals surface area (Å²) in [5.74, 6) is -1.13. The van der Waals surface area contributed by atoms with Crippen molar-refractivity contribution in [2.24, 2.45) is 17.3 Å². The van der Waals surface area contributed by atoms with Crippen molar-refractivity contribution in [2.75, 3.05) is 6.61 Å². The molecule has 1 rings (SSSR count). The molecule has 126 valence electrons. The molecular formula is C17H29NO4. The van der Waals surface area contributed by atoms with Crippen molar-refractivity contribution in [1.82, 2.24) is 5.32 Å². The van der Waals surface area contributed by atoms with Crippen LogP contribution in [0.4, 0.5) is 0 Å². The van der Waals surface area contributed by atoms with Gasteiger partial charge >= 0.3 is 5.97 Å². The summed E-state index contributed by atoms with van der Waals surface area (Å²) in [6, 6.07) is -0.827. The minimum atomic E-state index is -0.883. The molecule has 1 fully saturated rings. The third-order valence-electron chi connectivity index (χ3n) is 4.55. The molecule has 0 spiro atoms. The molecule has 5 heteroatoms. The molecule has 0 aromatic rings. The zero-order valence-corrected chi connectivity index (χ0v) is 14.4. The fraction of sp³-hybridized carbons (Fsp3) is 0.824. The maximum Gasteiger partial charge on any atom is 0.376 e. The first-order valence-corrected chi connectivity index (χ1v) is 8.18. The average Bonchev–Trinajstić information content (AvgIpc) is 2.45. The van der Waals surface area contributed by atoms with Gasteiger partial charge in [0.2, 0.25) is 5.91 Å². The molecule has 1 atom stereocenters. The highest BCUT2D eigenvalue weighted by atomic mass is 16.5. The molecule has 0 radical (unpaired) electrons. The van der Waals surface area contributed by atoms with Crippen LogP contribution in [-0.4, -0.2) is 30.3 Å². The van der Waals surface area contributed by atoms with Crippen molar-refractivity contribution in [1.29, 1.82) is 0 Å². The zero-order chi connectivity index (χ0) is 16.9. The summed E-state index contributed by atoms with van der Waals surface area (Å²) in [4.78, 5) is 35.4. The second-order valence-corrected chi connectivity index (χ2v) is 7.23. The van der Waals surface area contributed by atoms with E-state index in [1.165, 1.54) is 6.92 Å². The molecule has 1 unspecified atom stereocenters. The van der Waals surface area contributed by atoms with Crippen LogP contribution in [0.2, 0.25) is 0 Å². The number of hydrogen-bond donors (Lipinski definition) is 1. The molecule has 1 N–H and O–H groups in total. The summed E-state index contributed by atoms with van der Waals surface area (Å²) < 4.78 is 4.66. The van der Waals surface area contributed by atoms with Gasteiger partial charge in [0.1, 0.15) is 0 Å². The van der Waals surface area contributed by atoms with E-state index in [1.807, 2.05) is 0 Å². The molecule has 1 aliphatic rings. The normalized spacial score (nSPS) is 23.5. The van der Waals surface area contributed by atoms with Crippen LogP contribution < -0.4 is 5.32 Å². The van der Waals surface area contributed by atoms with Crippen molar-refractivity contribution in [3.05, 3.63) is 0 Å². The fourth-order valence-corrected chi connectivity index (χ4v) is 3.00. The van der Waals surface area contributed by atoms with Gasteiger partial charge in [-0.1, -0.05) is 20.8 Å². The van der Waals surface area contributed by atoms with Crippen molar-refractivity contribution in [2.45, 2.75) is 66.3 Å². The minimum Gasteiger partial charge on any atom is -0.460 e. The molecule has 0 saturated heterocycles. The summed E-state index contributed by atoms with van der Waals surface area (Å²) in [7, 11) is 0. The van der Waals surface area contributed by atoms with E-state index in [2.05, 4.69) is 30.8 Å². The van der Waals surface area contributed by atoms with Crippen molar-refractivity contribution < 1.29 is 19.1 Å². The lowest BCUT2D eigenvalue weighted by Gasteiger charge is -2.36. The fourth-order valence-electron chi connectivity index (χ4n) is 3.00. The first-order valence-electron chi connectivity index (χ1n) is 8.18. The molecule has 0 bridgehead atoms. The Labute approximate surface area is 133 Å². The van der Waals surface area contributed by atoms with Crippen LogP contribution >= 0.6 is 0 Å². The van der Waals surface area contributed by atoms with Gasteiger partial charge < -0.3 is 10.1 Å². The Morgan fingerprint density at radius 1 is 1.14 bits per heavy atom. The van der Waals surface area contributed by atoms with E-state index >= 15 is 0 Å². The highest BCUT2D eigenvalue weighted by Crippen LogP contribution is 2.39. The average molecular weight is 311 g/mol. The maximum atomic E-state index is 12.2. The van der Waals surface area contributed by atoms with E-state index < -0.39 is 17.8 Å². The van der Waals surface area contributed by atoms with Crippen LogP contribution in [0.5, 0.6) is 0 Å². The number of nitrogens with one attached hydrogen (secondary N) is 1. The Kier molecular flexibility index (Phi) is 6.57. The summed E-state index contributed by atoms with van der Waals surface area (Å²) in [5, 5.41) is 2.65. The molecule has 0 aliphatic heterocycles. The SMILES string of the molecule is CCOC(=O)C(=O)C(C)NC(=O)C1CCC(C(C)(C)C)CC1. The Morgan fingerprint density at radius 2 is 1.68 bits per heavy atom. The number of Topliss-reactive ketones (excluding diaryl/α,β-unsaturated/α-hetero) is 1. The third-order valence-corrected chi connectivity index (χ3v) is 4.55. The maximum absolute atomic E-state index is 12.2. The highest BCUT2D eigenvalue weighted by Gasteiger charge is 2.33. The monoisotopic (exact) mass is 311 g/mol. The molecular weight excluding hydrogens is 282 g/mol. The lowest BCUT2D eigenvalue weighted by Crippen LogP contribution is -2.45. The predicted molar refractivity (Wildman–Crippen MR) is 84.1 cm³/mol. The van der Waals surface area contributed by atoms with Gasteiger partial charge in [-0.25, -0.2) is 4.79 Å². The van der Waals surface area contributed by atoms with E-state index in [9.17, 15) is 14.4 Å². The number of esters is 1. The van der Waals surface area contributed by atoms with Crippen LogP contribution in [0.3, 0.4) is 0 Å². The van der Waals surface area contributed by atoms with Crippen molar-refractivity contribution in [3.63, 3.8) is 0 Å². The smallest absolute Gasteiger partial charge is 0.376 e. The van der Waals surface area contributed by atoms with Crippen LogP contribution in [0.1, 0.15) is 60.3 Å². The van der Waals surface area contributed by atoms with Gasteiger partial charge in [-0.05, 0) is 50.9 Å². The first kappa shape index (κ1) is 18.7. The van der Waals surface area contributed by atoms with Crippen LogP contribution in [-0.2, 0) is 19.1 Å². The van der Waals surface area contributed by atoms with Gasteiger partial charge in [-0.3, -0.25) is 9.59 Å². The zero-order valence-electron chi connectivity index (χ0n) is 14.4. The third kappa shape index (κ3) is 5.11. The van der Waals surface area contributed by atoms with Crippen LogP contribution in [0, 0.1) is 17.3 Å². The Hall–Kier alpha value is -1.39. The standard InChI is InChI=1S/C17H29NO4/c1-6-22-16(21)14(19)11(2)18-15(20)12-7-9-13(10-8-12)17(3,4)5/h11-13H,6-10H2,1-5H3,(H,18,20). The Bertz CT molecular complexity index is 417. The second kappa shape index (κ2) is 7.75. The van der Waals surface area contributed by atoms with Gasteiger partial charge in [-0.15, -0.1) is 0 Å². The summed E-state index contributed by atoms with van der Waals surface area (Å²) in [6.07, 6.45) is 3.74. The van der Waals surface area contributed by atoms with E-state index in [0.717, 1.165) is 25.7 Å². The van der Waals surface area contributed by atoms with Gasteiger partial charge in [0.25, 0.3) is 5.78 Å². The molecule has 1 amide bonds. The lowest BCUT2D eigenvalue weighted by molar-refractivity contribution is -0.154. The van der Waals surface area contributed by atoms with Crippen LogP contribution in [0.25, 0.3) is 0 Å². The number of carbonyl (C=O) groups excluding carboxylic acids is 3. The lowest BCUT2D eigenvalue weighted by atomic mass is 9.69. The molecule has 22 heavy (non-hydrogen) atoms. The molecule has 0 aromatic carbocycles. The predicted octanol–water partition coefficient (Wildman–Crippen LogP) is 2.48. The summed E-state index contributed by atoms with van der Waals surface area (Å²) in [5.41, 5.74) is 0.272. The number of ether oxygens (including phenoxy) is 1. The van der Waals surface area contributed by atoms with Gasteiger partial charge in [0.05, 0.1) is 12.6 Å². The number of amides is 1. The van der Waals surface area contributed by atoms with E-state index in [4.69, 9.17) is 0 Å². The molecule has 1 saturated carbocycles. The molecule has 0 aromatic heterocycles. The van der Waals surface area contributed by atoms with E-state index in [1.54, 1.807) is 6.92 Å². The van der Waals surface area contributed by atoms with E-state index in [-0.39, 0.29) is 23.8 Å². The molecule has 5 nitrogen and oxygen atoms in total. The number of carbonyl (C=O) groups is 3. The molecule has 0 heterocycles. The van der Waals surface area contributed by atoms with Crippen molar-refractivity contribution >= 4 is 17.7 Å². The summed E-state index contributed by atoms with van der Waals surface area (Å²) >= 11 is 0. The Morgan fingerprint density at radius 3 is 2.14 bits per heavy atom. The Balaban J connectivity index is 2.47.